The molecule has 1 aliphatic carbocycles. The highest BCUT2D eigenvalue weighted by molar-refractivity contribution is 8.00. The van der Waals surface area contributed by atoms with Crippen molar-refractivity contribution in [2.24, 2.45) is 11.8 Å². The standard InChI is InChI=1S/C25H36ClNO3S2/c1-3-5-13-29-23-16-19(11-14-31-25-27-12-15-32-25)21(24(23)26)17-30-20-9-7-18(8-10-20)22(28)6-4-2/h7-10,12,15,19,21-24,28H,3-6,11,13-14,16-17H2,1-2H3/t19-,21+,22?,23?,24?/m0/s1. The van der Waals surface area contributed by atoms with Crippen LogP contribution >= 0.6 is 34.7 Å². The van der Waals surface area contributed by atoms with E-state index in [4.69, 9.17) is 21.1 Å². The summed E-state index contributed by atoms with van der Waals surface area (Å²) in [7, 11) is 0. The fourth-order valence-electron chi connectivity index (χ4n) is 4.24. The van der Waals surface area contributed by atoms with Crippen LogP contribution < -0.4 is 4.74 Å². The first-order valence-corrected chi connectivity index (χ1v) is 14.1. The molecule has 1 aromatic carbocycles. The lowest BCUT2D eigenvalue weighted by Crippen LogP contribution is -2.28. The molecule has 32 heavy (non-hydrogen) atoms. The van der Waals surface area contributed by atoms with Crippen molar-refractivity contribution in [2.45, 2.75) is 74.3 Å². The molecule has 4 nitrogen and oxygen atoms in total. The summed E-state index contributed by atoms with van der Waals surface area (Å²) in [6.45, 7) is 5.62. The van der Waals surface area contributed by atoms with Crippen LogP contribution in [0.15, 0.2) is 40.2 Å². The van der Waals surface area contributed by atoms with Crippen molar-refractivity contribution in [1.82, 2.24) is 4.98 Å². The Labute approximate surface area is 206 Å². The summed E-state index contributed by atoms with van der Waals surface area (Å²) in [5, 5.41) is 12.2. The van der Waals surface area contributed by atoms with Crippen LogP contribution in [-0.4, -0.2) is 40.5 Å². The van der Waals surface area contributed by atoms with E-state index < -0.39 is 6.10 Å². The molecule has 1 saturated carbocycles. The number of halogens is 1. The number of rotatable bonds is 14. The SMILES string of the molecule is CCCCOC1C[C@H](CCSc2nccs2)[C@@H](COc2ccc(C(O)CCC)cc2)C1Cl. The topological polar surface area (TPSA) is 51.6 Å². The van der Waals surface area contributed by atoms with Gasteiger partial charge in [0.2, 0.25) is 0 Å². The number of unbranched alkanes of at least 4 members (excludes halogenated alkanes) is 1. The maximum absolute atomic E-state index is 10.2. The van der Waals surface area contributed by atoms with Crippen LogP contribution in [0.3, 0.4) is 0 Å². The number of hydrogen-bond donors (Lipinski definition) is 1. The minimum Gasteiger partial charge on any atom is -0.493 e. The molecular formula is C25H36ClNO3S2. The molecule has 0 bridgehead atoms. The molecule has 0 aliphatic heterocycles. The van der Waals surface area contributed by atoms with Gasteiger partial charge in [-0.15, -0.1) is 22.9 Å². The molecule has 1 aliphatic rings. The van der Waals surface area contributed by atoms with Crippen LogP contribution in [0.5, 0.6) is 5.75 Å². The number of thiazole rings is 1. The molecule has 5 atom stereocenters. The second-order valence-electron chi connectivity index (χ2n) is 8.49. The first kappa shape index (κ1) is 25.8. The van der Waals surface area contributed by atoms with Crippen LogP contribution in [0.1, 0.15) is 64.0 Å². The lowest BCUT2D eigenvalue weighted by Gasteiger charge is -2.22. The van der Waals surface area contributed by atoms with E-state index in [-0.39, 0.29) is 17.4 Å². The quantitative estimate of drug-likeness (QED) is 0.173. The van der Waals surface area contributed by atoms with Crippen LogP contribution in [0.4, 0.5) is 0 Å². The molecule has 0 amide bonds. The highest BCUT2D eigenvalue weighted by Gasteiger charge is 2.43. The molecule has 1 N–H and O–H groups in total. The van der Waals surface area contributed by atoms with Gasteiger partial charge in [0.25, 0.3) is 0 Å². The Balaban J connectivity index is 1.56. The monoisotopic (exact) mass is 497 g/mol. The molecule has 7 heteroatoms. The van der Waals surface area contributed by atoms with E-state index >= 15 is 0 Å². The Morgan fingerprint density at radius 1 is 1.25 bits per heavy atom. The second kappa shape index (κ2) is 13.8. The van der Waals surface area contributed by atoms with Crippen molar-refractivity contribution in [3.8, 4) is 5.75 Å². The smallest absolute Gasteiger partial charge is 0.149 e. The van der Waals surface area contributed by atoms with E-state index in [9.17, 15) is 5.11 Å². The van der Waals surface area contributed by atoms with E-state index in [0.717, 1.165) is 66.5 Å². The van der Waals surface area contributed by atoms with E-state index in [1.54, 1.807) is 11.3 Å². The maximum Gasteiger partial charge on any atom is 0.149 e. The normalized spacial score (nSPS) is 24.0. The molecule has 0 spiro atoms. The van der Waals surface area contributed by atoms with Gasteiger partial charge in [-0.05, 0) is 49.3 Å². The fourth-order valence-corrected chi connectivity index (χ4v) is 6.47. The number of aromatic nitrogens is 1. The third-order valence-corrected chi connectivity index (χ3v) is 8.73. The van der Waals surface area contributed by atoms with Crippen LogP contribution in [0, 0.1) is 11.8 Å². The first-order chi connectivity index (χ1) is 15.6. The Bertz CT molecular complexity index is 759. The van der Waals surface area contributed by atoms with Gasteiger partial charge in [0.15, 0.2) is 0 Å². The van der Waals surface area contributed by atoms with Gasteiger partial charge in [0.1, 0.15) is 10.1 Å². The maximum atomic E-state index is 10.2. The summed E-state index contributed by atoms with van der Waals surface area (Å²) in [5.74, 6) is 2.59. The number of thioether (sulfide) groups is 1. The number of nitrogens with zero attached hydrogens (tertiary/aromatic N) is 1. The molecule has 1 heterocycles. The van der Waals surface area contributed by atoms with Crippen LogP contribution in [0.25, 0.3) is 0 Å². The first-order valence-electron chi connectivity index (χ1n) is 11.8. The van der Waals surface area contributed by atoms with Gasteiger partial charge in [-0.25, -0.2) is 4.98 Å². The third-order valence-electron chi connectivity index (χ3n) is 6.13. The molecule has 0 saturated heterocycles. The van der Waals surface area contributed by atoms with Gasteiger partial charge in [0, 0.05) is 29.9 Å². The highest BCUT2D eigenvalue weighted by atomic mass is 35.5. The third kappa shape index (κ3) is 7.63. The van der Waals surface area contributed by atoms with Gasteiger partial charge in [-0.3, -0.25) is 0 Å². The lowest BCUT2D eigenvalue weighted by molar-refractivity contribution is 0.0532. The fraction of sp³-hybridized carbons (Fsp3) is 0.640. The summed E-state index contributed by atoms with van der Waals surface area (Å²) in [4.78, 5) is 4.37. The van der Waals surface area contributed by atoms with Crippen molar-refractivity contribution in [3.05, 3.63) is 41.4 Å². The van der Waals surface area contributed by atoms with Gasteiger partial charge in [0.05, 0.1) is 24.2 Å². The van der Waals surface area contributed by atoms with Crippen molar-refractivity contribution in [2.75, 3.05) is 19.0 Å². The summed E-state index contributed by atoms with van der Waals surface area (Å²) < 4.78 is 13.5. The number of aliphatic hydroxyl groups excluding tert-OH is 1. The molecule has 1 aromatic heterocycles. The summed E-state index contributed by atoms with van der Waals surface area (Å²) in [5.41, 5.74) is 0.941. The minimum atomic E-state index is -0.406. The Morgan fingerprint density at radius 2 is 2.06 bits per heavy atom. The van der Waals surface area contributed by atoms with Gasteiger partial charge in [-0.2, -0.15) is 0 Å². The number of benzene rings is 1. The van der Waals surface area contributed by atoms with Crippen molar-refractivity contribution in [3.63, 3.8) is 0 Å². The summed E-state index contributed by atoms with van der Waals surface area (Å²) in [6, 6.07) is 7.83. The van der Waals surface area contributed by atoms with E-state index in [1.807, 2.05) is 47.6 Å². The average molecular weight is 498 g/mol. The minimum absolute atomic E-state index is 0.0348. The van der Waals surface area contributed by atoms with Crippen LogP contribution in [-0.2, 0) is 4.74 Å². The van der Waals surface area contributed by atoms with Crippen LogP contribution in [0.2, 0.25) is 0 Å². The number of ether oxygens (including phenoxy) is 2. The molecule has 2 aromatic rings. The highest BCUT2D eigenvalue weighted by Crippen LogP contribution is 2.41. The van der Waals surface area contributed by atoms with Gasteiger partial charge >= 0.3 is 0 Å². The lowest BCUT2D eigenvalue weighted by atomic mass is 9.94. The molecule has 178 valence electrons. The predicted octanol–water partition coefficient (Wildman–Crippen LogP) is 6.97. The summed E-state index contributed by atoms with van der Waals surface area (Å²) in [6.07, 6.45) is 7.56. The molecular weight excluding hydrogens is 462 g/mol. The zero-order valence-corrected chi connectivity index (χ0v) is 21.5. The number of hydrogen-bond acceptors (Lipinski definition) is 6. The Morgan fingerprint density at radius 3 is 2.75 bits per heavy atom. The zero-order chi connectivity index (χ0) is 22.8. The molecule has 3 unspecified atom stereocenters. The number of aliphatic hydroxyl groups is 1. The van der Waals surface area contributed by atoms with Gasteiger partial charge < -0.3 is 14.6 Å². The number of alkyl halides is 1. The second-order valence-corrected chi connectivity index (χ2v) is 11.2. The average Bonchev–Trinajstić information content (AvgIpc) is 3.42. The van der Waals surface area contributed by atoms with E-state index in [1.165, 1.54) is 0 Å². The van der Waals surface area contributed by atoms with Crippen molar-refractivity contribution < 1.29 is 14.6 Å². The van der Waals surface area contributed by atoms with Crippen molar-refractivity contribution in [1.29, 1.82) is 0 Å². The van der Waals surface area contributed by atoms with E-state index in [0.29, 0.717) is 12.5 Å². The molecule has 1 fully saturated rings. The zero-order valence-electron chi connectivity index (χ0n) is 19.1. The van der Waals surface area contributed by atoms with E-state index in [2.05, 4.69) is 18.8 Å². The molecule has 3 rings (SSSR count). The Kier molecular flexibility index (Phi) is 11.1. The predicted molar refractivity (Wildman–Crippen MR) is 135 cm³/mol. The van der Waals surface area contributed by atoms with Gasteiger partial charge in [-0.1, -0.05) is 50.6 Å². The van der Waals surface area contributed by atoms with Crippen molar-refractivity contribution >= 4 is 34.7 Å². The molecule has 0 radical (unpaired) electrons. The summed E-state index contributed by atoms with van der Waals surface area (Å²) >= 11 is 10.4. The Hall–Kier alpha value is -0.790. The largest absolute Gasteiger partial charge is 0.493 e.